The monoisotopic (exact) mass is 273 g/mol. The second-order valence-electron chi connectivity index (χ2n) is 6.45. The lowest BCUT2D eigenvalue weighted by atomic mass is 9.89. The van der Waals surface area contributed by atoms with E-state index in [2.05, 4.69) is 10.3 Å². The van der Waals surface area contributed by atoms with Crippen LogP contribution in [0.3, 0.4) is 0 Å². The van der Waals surface area contributed by atoms with Crippen LogP contribution in [0, 0.1) is 17.8 Å². The molecule has 108 valence electrons. The first-order chi connectivity index (χ1) is 9.63. The van der Waals surface area contributed by atoms with Crippen LogP contribution in [0.15, 0.2) is 18.3 Å². The first kappa shape index (κ1) is 13.4. The molecule has 3 atom stereocenters. The summed E-state index contributed by atoms with van der Waals surface area (Å²) >= 11 is 0. The number of fused-ring (bicyclic) bond motifs is 2. The number of amides is 1. The minimum atomic E-state index is -0.00264. The molecule has 2 bridgehead atoms. The summed E-state index contributed by atoms with van der Waals surface area (Å²) in [6, 6.07) is 3.75. The van der Waals surface area contributed by atoms with Crippen LogP contribution >= 0.6 is 0 Å². The van der Waals surface area contributed by atoms with Gasteiger partial charge in [-0.1, -0.05) is 6.42 Å². The molecule has 0 spiro atoms. The highest BCUT2D eigenvalue weighted by Gasteiger charge is 2.39. The summed E-state index contributed by atoms with van der Waals surface area (Å²) in [7, 11) is 3.51. The summed E-state index contributed by atoms with van der Waals surface area (Å²) in [5.41, 5.74) is 0.639. The van der Waals surface area contributed by atoms with Gasteiger partial charge in [0.2, 0.25) is 0 Å². The zero-order chi connectivity index (χ0) is 14.1. The van der Waals surface area contributed by atoms with Crippen LogP contribution in [-0.2, 0) is 0 Å². The van der Waals surface area contributed by atoms with Crippen LogP contribution in [-0.4, -0.2) is 36.4 Å². The number of aromatic nitrogens is 1. The van der Waals surface area contributed by atoms with Gasteiger partial charge < -0.3 is 10.2 Å². The molecule has 4 heteroatoms. The van der Waals surface area contributed by atoms with Crippen LogP contribution in [0.25, 0.3) is 0 Å². The average molecular weight is 273 g/mol. The number of pyridine rings is 1. The quantitative estimate of drug-likeness (QED) is 0.917. The number of rotatable bonds is 4. The van der Waals surface area contributed by atoms with E-state index in [9.17, 15) is 4.79 Å². The minimum Gasteiger partial charge on any atom is -0.370 e. The highest BCUT2D eigenvalue weighted by Crippen LogP contribution is 2.48. The largest absolute Gasteiger partial charge is 0.370 e. The molecule has 2 saturated carbocycles. The lowest BCUT2D eigenvalue weighted by molar-refractivity contribution is 0.0827. The van der Waals surface area contributed by atoms with Gasteiger partial charge in [0.15, 0.2) is 0 Å². The maximum atomic E-state index is 11.8. The van der Waals surface area contributed by atoms with Crippen LogP contribution in [0.4, 0.5) is 5.82 Å². The smallest absolute Gasteiger partial charge is 0.254 e. The SMILES string of the molecule is CN(C)C(=O)c1ccc(NCC2CC3CCC2C3)nc1. The van der Waals surface area contributed by atoms with E-state index in [1.54, 1.807) is 25.2 Å². The van der Waals surface area contributed by atoms with Gasteiger partial charge in [-0.05, 0) is 49.1 Å². The van der Waals surface area contributed by atoms with E-state index in [4.69, 9.17) is 0 Å². The molecule has 2 fully saturated rings. The molecule has 1 heterocycles. The molecule has 2 aliphatic rings. The number of carbonyl (C=O) groups is 1. The summed E-state index contributed by atoms with van der Waals surface area (Å²) in [5, 5.41) is 3.43. The van der Waals surface area contributed by atoms with E-state index in [0.717, 1.165) is 30.1 Å². The fourth-order valence-electron chi connectivity index (χ4n) is 3.75. The van der Waals surface area contributed by atoms with Crippen LogP contribution in [0.1, 0.15) is 36.0 Å². The molecule has 3 rings (SSSR count). The number of carbonyl (C=O) groups excluding carboxylic acids is 1. The maximum Gasteiger partial charge on any atom is 0.254 e. The van der Waals surface area contributed by atoms with E-state index in [1.165, 1.54) is 25.7 Å². The Morgan fingerprint density at radius 1 is 1.35 bits per heavy atom. The van der Waals surface area contributed by atoms with Crippen molar-refractivity contribution < 1.29 is 4.79 Å². The van der Waals surface area contributed by atoms with Gasteiger partial charge in [0.25, 0.3) is 5.91 Å². The molecule has 1 amide bonds. The summed E-state index contributed by atoms with van der Waals surface area (Å²) in [4.78, 5) is 17.7. The molecule has 0 radical (unpaired) electrons. The highest BCUT2D eigenvalue weighted by atomic mass is 16.2. The third-order valence-electron chi connectivity index (χ3n) is 4.85. The Labute approximate surface area is 120 Å². The number of hydrogen-bond donors (Lipinski definition) is 1. The topological polar surface area (TPSA) is 45.2 Å². The zero-order valence-corrected chi connectivity index (χ0v) is 12.3. The third-order valence-corrected chi connectivity index (χ3v) is 4.85. The van der Waals surface area contributed by atoms with Crippen molar-refractivity contribution in [2.75, 3.05) is 26.0 Å². The van der Waals surface area contributed by atoms with Crippen molar-refractivity contribution in [3.05, 3.63) is 23.9 Å². The summed E-state index contributed by atoms with van der Waals surface area (Å²) in [6.45, 7) is 1.02. The van der Waals surface area contributed by atoms with Crippen LogP contribution in [0.2, 0.25) is 0 Å². The van der Waals surface area contributed by atoms with Crippen molar-refractivity contribution in [2.45, 2.75) is 25.7 Å². The Hall–Kier alpha value is -1.58. The van der Waals surface area contributed by atoms with E-state index in [0.29, 0.717) is 5.56 Å². The van der Waals surface area contributed by atoms with E-state index in [-0.39, 0.29) is 5.91 Å². The summed E-state index contributed by atoms with van der Waals surface area (Å²) in [6.07, 6.45) is 7.35. The summed E-state index contributed by atoms with van der Waals surface area (Å²) < 4.78 is 0. The second-order valence-corrected chi connectivity index (χ2v) is 6.45. The first-order valence-electron chi connectivity index (χ1n) is 7.55. The van der Waals surface area contributed by atoms with Crippen molar-refractivity contribution in [2.24, 2.45) is 17.8 Å². The highest BCUT2D eigenvalue weighted by molar-refractivity contribution is 5.93. The molecule has 2 aliphatic carbocycles. The molecular weight excluding hydrogens is 250 g/mol. The van der Waals surface area contributed by atoms with Gasteiger partial charge in [0.05, 0.1) is 5.56 Å². The number of anilines is 1. The Morgan fingerprint density at radius 3 is 2.75 bits per heavy atom. The van der Waals surface area contributed by atoms with Gasteiger partial charge >= 0.3 is 0 Å². The number of nitrogens with zero attached hydrogens (tertiary/aromatic N) is 2. The molecule has 0 aliphatic heterocycles. The van der Waals surface area contributed by atoms with Crippen LogP contribution < -0.4 is 5.32 Å². The third kappa shape index (κ3) is 2.65. The maximum absolute atomic E-state index is 11.8. The van der Waals surface area contributed by atoms with Crippen molar-refractivity contribution >= 4 is 11.7 Å². The predicted molar refractivity (Wildman–Crippen MR) is 79.7 cm³/mol. The van der Waals surface area contributed by atoms with Gasteiger partial charge in [-0.15, -0.1) is 0 Å². The molecule has 0 saturated heterocycles. The normalized spacial score (nSPS) is 27.6. The van der Waals surface area contributed by atoms with Crippen molar-refractivity contribution in [1.29, 1.82) is 0 Å². The molecular formula is C16H23N3O. The van der Waals surface area contributed by atoms with Crippen LogP contribution in [0.5, 0.6) is 0 Å². The van der Waals surface area contributed by atoms with E-state index in [1.807, 2.05) is 12.1 Å². The number of nitrogens with one attached hydrogen (secondary N) is 1. The lowest BCUT2D eigenvalue weighted by Gasteiger charge is -2.22. The summed E-state index contributed by atoms with van der Waals surface area (Å²) in [5.74, 6) is 3.61. The Bertz CT molecular complexity index is 483. The van der Waals surface area contributed by atoms with E-state index >= 15 is 0 Å². The molecule has 0 aromatic carbocycles. The molecule has 1 N–H and O–H groups in total. The first-order valence-corrected chi connectivity index (χ1v) is 7.55. The van der Waals surface area contributed by atoms with Gasteiger partial charge in [0.1, 0.15) is 5.82 Å². The predicted octanol–water partition coefficient (Wildman–Crippen LogP) is 2.63. The Morgan fingerprint density at radius 2 is 2.20 bits per heavy atom. The average Bonchev–Trinajstić information content (AvgIpc) is 3.07. The van der Waals surface area contributed by atoms with Gasteiger partial charge in [-0.2, -0.15) is 0 Å². The number of hydrogen-bond acceptors (Lipinski definition) is 3. The van der Waals surface area contributed by atoms with Crippen molar-refractivity contribution in [1.82, 2.24) is 9.88 Å². The Kier molecular flexibility index (Phi) is 3.64. The molecule has 1 aromatic heterocycles. The van der Waals surface area contributed by atoms with Gasteiger partial charge in [-0.3, -0.25) is 4.79 Å². The van der Waals surface area contributed by atoms with Crippen molar-refractivity contribution in [3.8, 4) is 0 Å². The van der Waals surface area contributed by atoms with Crippen molar-refractivity contribution in [3.63, 3.8) is 0 Å². The fourth-order valence-corrected chi connectivity index (χ4v) is 3.75. The fraction of sp³-hybridized carbons (Fsp3) is 0.625. The van der Waals surface area contributed by atoms with Gasteiger partial charge in [-0.25, -0.2) is 4.98 Å². The van der Waals surface area contributed by atoms with E-state index < -0.39 is 0 Å². The zero-order valence-electron chi connectivity index (χ0n) is 12.3. The van der Waals surface area contributed by atoms with Gasteiger partial charge in [0, 0.05) is 26.8 Å². The molecule has 1 aromatic rings. The lowest BCUT2D eigenvalue weighted by Crippen LogP contribution is -2.22. The molecule has 4 nitrogen and oxygen atoms in total. The molecule has 20 heavy (non-hydrogen) atoms. The second kappa shape index (κ2) is 5.43. The minimum absolute atomic E-state index is 0.00264. The Balaban J connectivity index is 1.55. The standard InChI is InChI=1S/C16H23N3O/c1-19(2)16(20)13-5-6-15(17-9-13)18-10-14-8-11-3-4-12(14)7-11/h5-6,9,11-12,14H,3-4,7-8,10H2,1-2H3,(H,17,18). The molecule has 3 unspecified atom stereocenters.